The first kappa shape index (κ1) is 7.39. The van der Waals surface area contributed by atoms with Gasteiger partial charge in [0.1, 0.15) is 6.04 Å². The van der Waals surface area contributed by atoms with E-state index in [1.54, 1.807) is 5.48 Å². The minimum atomic E-state index is -0.639. The summed E-state index contributed by atoms with van der Waals surface area (Å²) in [7, 11) is 1.26. The zero-order valence-corrected chi connectivity index (χ0v) is 4.84. The molecule has 8 heavy (non-hydrogen) atoms. The lowest BCUT2D eigenvalue weighted by molar-refractivity contribution is -0.145. The molecule has 0 radical (unpaired) electrons. The lowest BCUT2D eigenvalue weighted by Gasteiger charge is -2.03. The number of hydroxylamine groups is 1. The molecular weight excluding hydrogens is 110 g/mol. The summed E-state index contributed by atoms with van der Waals surface area (Å²) >= 11 is 0. The van der Waals surface area contributed by atoms with E-state index in [0.717, 1.165) is 0 Å². The molecule has 0 aromatic heterocycles. The molecule has 4 heteroatoms. The summed E-state index contributed by atoms with van der Waals surface area (Å²) in [5.41, 5.74) is 1.74. The van der Waals surface area contributed by atoms with Crippen molar-refractivity contribution in [3.8, 4) is 0 Å². The van der Waals surface area contributed by atoms with Gasteiger partial charge < -0.3 is 9.94 Å². The maximum Gasteiger partial charge on any atom is 0.324 e. The van der Waals surface area contributed by atoms with Gasteiger partial charge in [0.25, 0.3) is 0 Å². The van der Waals surface area contributed by atoms with Crippen molar-refractivity contribution >= 4 is 5.97 Å². The predicted octanol–water partition coefficient (Wildman–Crippen LogP) is -0.473. The summed E-state index contributed by atoms with van der Waals surface area (Å²) in [4.78, 5) is 10.3. The van der Waals surface area contributed by atoms with Gasteiger partial charge in [-0.3, -0.25) is 4.79 Å². The molecule has 0 aliphatic heterocycles. The van der Waals surface area contributed by atoms with Crippen molar-refractivity contribution in [2.75, 3.05) is 7.11 Å². The van der Waals surface area contributed by atoms with E-state index in [4.69, 9.17) is 5.21 Å². The third-order valence-electron chi connectivity index (χ3n) is 0.748. The second-order valence-electron chi connectivity index (χ2n) is 1.37. The monoisotopic (exact) mass is 119 g/mol. The summed E-state index contributed by atoms with van der Waals surface area (Å²) < 4.78 is 4.24. The minimum Gasteiger partial charge on any atom is -0.468 e. The number of carbonyl (C=O) groups is 1. The van der Waals surface area contributed by atoms with Crippen molar-refractivity contribution in [2.45, 2.75) is 13.0 Å². The van der Waals surface area contributed by atoms with Crippen LogP contribution in [0.2, 0.25) is 0 Å². The molecule has 0 saturated heterocycles. The lowest BCUT2D eigenvalue weighted by Crippen LogP contribution is -2.31. The van der Waals surface area contributed by atoms with E-state index in [2.05, 4.69) is 4.74 Å². The van der Waals surface area contributed by atoms with Crippen molar-refractivity contribution in [1.29, 1.82) is 0 Å². The minimum absolute atomic E-state index is 0.479. The fraction of sp³-hybridized carbons (Fsp3) is 0.750. The van der Waals surface area contributed by atoms with E-state index in [0.29, 0.717) is 0 Å². The van der Waals surface area contributed by atoms with Crippen LogP contribution in [0.3, 0.4) is 0 Å². The molecule has 0 fully saturated rings. The van der Waals surface area contributed by atoms with Crippen molar-refractivity contribution in [3.63, 3.8) is 0 Å². The van der Waals surface area contributed by atoms with Crippen LogP contribution in [0.15, 0.2) is 0 Å². The molecule has 0 aromatic carbocycles. The number of ether oxygens (including phenoxy) is 1. The molecule has 4 nitrogen and oxygen atoms in total. The molecule has 0 heterocycles. The third-order valence-corrected chi connectivity index (χ3v) is 0.748. The van der Waals surface area contributed by atoms with Crippen LogP contribution in [0.1, 0.15) is 6.92 Å². The van der Waals surface area contributed by atoms with Gasteiger partial charge in [0.05, 0.1) is 7.11 Å². The Labute approximate surface area is 47.4 Å². The quantitative estimate of drug-likeness (QED) is 0.381. The van der Waals surface area contributed by atoms with Crippen LogP contribution in [-0.4, -0.2) is 24.3 Å². The van der Waals surface area contributed by atoms with E-state index in [1.165, 1.54) is 14.0 Å². The van der Waals surface area contributed by atoms with Gasteiger partial charge in [0, 0.05) is 0 Å². The fourth-order valence-electron chi connectivity index (χ4n) is 0.229. The average molecular weight is 119 g/mol. The zero-order valence-electron chi connectivity index (χ0n) is 4.84. The number of rotatable bonds is 2. The Morgan fingerprint density at radius 3 is 2.50 bits per heavy atom. The standard InChI is InChI=1S/C4H9NO3/c1-3(5-7)4(6)8-2/h3,5,7H,1-2H3/t3-/m1/s1. The maximum absolute atomic E-state index is 10.3. The molecule has 0 unspecified atom stereocenters. The van der Waals surface area contributed by atoms with Gasteiger partial charge in [-0.05, 0) is 6.92 Å². The largest absolute Gasteiger partial charge is 0.468 e. The molecule has 1 atom stereocenters. The molecule has 0 saturated carbocycles. The van der Waals surface area contributed by atoms with E-state index < -0.39 is 12.0 Å². The molecular formula is C4H9NO3. The molecule has 0 aromatic rings. The van der Waals surface area contributed by atoms with Crippen molar-refractivity contribution in [2.24, 2.45) is 0 Å². The lowest BCUT2D eigenvalue weighted by atomic mass is 10.4. The molecule has 48 valence electrons. The number of hydrogen-bond acceptors (Lipinski definition) is 4. The third kappa shape index (κ3) is 1.90. The van der Waals surface area contributed by atoms with Gasteiger partial charge in [0.15, 0.2) is 0 Å². The number of methoxy groups -OCH3 is 1. The normalized spacial score (nSPS) is 12.9. The first-order valence-electron chi connectivity index (χ1n) is 2.19. The van der Waals surface area contributed by atoms with Crippen LogP contribution >= 0.6 is 0 Å². The summed E-state index contributed by atoms with van der Waals surface area (Å²) in [5, 5.41) is 8.09. The highest BCUT2D eigenvalue weighted by Gasteiger charge is 2.09. The number of hydrogen-bond donors (Lipinski definition) is 2. The SMILES string of the molecule is COC(=O)[C@@H](C)NO. The molecule has 0 amide bonds. The number of carbonyl (C=O) groups excluding carboxylic acids is 1. The van der Waals surface area contributed by atoms with Crippen molar-refractivity contribution < 1.29 is 14.7 Å². The van der Waals surface area contributed by atoms with Gasteiger partial charge >= 0.3 is 5.97 Å². The summed E-state index contributed by atoms with van der Waals surface area (Å²) in [6, 6.07) is -0.639. The van der Waals surface area contributed by atoms with Crippen molar-refractivity contribution in [1.82, 2.24) is 5.48 Å². The maximum atomic E-state index is 10.3. The fourth-order valence-corrected chi connectivity index (χ4v) is 0.229. The summed E-state index contributed by atoms with van der Waals surface area (Å²) in [5.74, 6) is -0.479. The highest BCUT2D eigenvalue weighted by Crippen LogP contribution is 1.81. The molecule has 0 aliphatic rings. The number of esters is 1. The summed E-state index contributed by atoms with van der Waals surface area (Å²) in [6.07, 6.45) is 0. The Hall–Kier alpha value is -0.610. The smallest absolute Gasteiger partial charge is 0.324 e. The van der Waals surface area contributed by atoms with Crippen LogP contribution in [-0.2, 0) is 9.53 Å². The van der Waals surface area contributed by atoms with Crippen LogP contribution in [0.5, 0.6) is 0 Å². The molecule has 0 aliphatic carbocycles. The van der Waals surface area contributed by atoms with Gasteiger partial charge in [0.2, 0.25) is 0 Å². The van der Waals surface area contributed by atoms with E-state index in [1.807, 2.05) is 0 Å². The Kier molecular flexibility index (Phi) is 3.14. The van der Waals surface area contributed by atoms with E-state index in [-0.39, 0.29) is 0 Å². The number of nitrogens with one attached hydrogen (secondary N) is 1. The topological polar surface area (TPSA) is 58.6 Å². The molecule has 0 spiro atoms. The molecule has 0 bridgehead atoms. The van der Waals surface area contributed by atoms with E-state index >= 15 is 0 Å². The van der Waals surface area contributed by atoms with Gasteiger partial charge in [-0.1, -0.05) is 0 Å². The van der Waals surface area contributed by atoms with Gasteiger partial charge in [-0.15, -0.1) is 0 Å². The zero-order chi connectivity index (χ0) is 6.57. The molecule has 2 N–H and O–H groups in total. The first-order chi connectivity index (χ1) is 3.72. The van der Waals surface area contributed by atoms with Gasteiger partial charge in [-0.25, -0.2) is 0 Å². The van der Waals surface area contributed by atoms with Gasteiger partial charge in [-0.2, -0.15) is 5.48 Å². The highest BCUT2D eigenvalue weighted by atomic mass is 16.5. The Morgan fingerprint density at radius 2 is 2.38 bits per heavy atom. The second kappa shape index (κ2) is 3.40. The van der Waals surface area contributed by atoms with Crippen LogP contribution in [0.4, 0.5) is 0 Å². The van der Waals surface area contributed by atoms with Crippen LogP contribution in [0.25, 0.3) is 0 Å². The first-order valence-corrected chi connectivity index (χ1v) is 2.19. The summed E-state index contributed by atoms with van der Waals surface area (Å²) in [6.45, 7) is 1.49. The highest BCUT2D eigenvalue weighted by molar-refractivity contribution is 5.74. The van der Waals surface area contributed by atoms with E-state index in [9.17, 15) is 4.79 Å². The average Bonchev–Trinajstić information content (AvgIpc) is 1.84. The van der Waals surface area contributed by atoms with Crippen LogP contribution < -0.4 is 5.48 Å². The second-order valence-corrected chi connectivity index (χ2v) is 1.37. The van der Waals surface area contributed by atoms with Crippen molar-refractivity contribution in [3.05, 3.63) is 0 Å². The Morgan fingerprint density at radius 1 is 1.88 bits per heavy atom. The predicted molar refractivity (Wildman–Crippen MR) is 26.4 cm³/mol. The van der Waals surface area contributed by atoms with Crippen LogP contribution in [0, 0.1) is 0 Å². The molecule has 0 rings (SSSR count). The Bertz CT molecular complexity index is 83.4. The Balaban J connectivity index is 3.46.